The van der Waals surface area contributed by atoms with Crippen LogP contribution in [0.4, 0.5) is 13.2 Å². The summed E-state index contributed by atoms with van der Waals surface area (Å²) in [7, 11) is 0. The molecule has 0 bridgehead atoms. The SMILES string of the molecule is O=C(C=Cc1ccccc1)N(CCc1ccccc1)CCc1nc(-c2ccc(C(F)(F)F)cc2)no1. The quantitative estimate of drug-likeness (QED) is 0.266. The van der Waals surface area contributed by atoms with Gasteiger partial charge in [-0.1, -0.05) is 78.0 Å². The number of benzene rings is 3. The molecular formula is C28H24F3N3O2. The third-order valence-electron chi connectivity index (χ3n) is 5.58. The number of halogens is 3. The summed E-state index contributed by atoms with van der Waals surface area (Å²) in [4.78, 5) is 19.0. The first-order chi connectivity index (χ1) is 17.4. The van der Waals surface area contributed by atoms with Gasteiger partial charge in [-0.15, -0.1) is 0 Å². The molecule has 4 aromatic rings. The number of alkyl halides is 3. The normalized spacial score (nSPS) is 11.6. The van der Waals surface area contributed by atoms with Crippen molar-refractivity contribution in [1.29, 1.82) is 0 Å². The van der Waals surface area contributed by atoms with Crippen LogP contribution in [0.2, 0.25) is 0 Å². The van der Waals surface area contributed by atoms with Crippen molar-refractivity contribution >= 4 is 12.0 Å². The first-order valence-electron chi connectivity index (χ1n) is 11.4. The maximum Gasteiger partial charge on any atom is 0.416 e. The molecule has 3 aromatic carbocycles. The van der Waals surface area contributed by atoms with Crippen LogP contribution >= 0.6 is 0 Å². The second-order valence-electron chi connectivity index (χ2n) is 8.14. The van der Waals surface area contributed by atoms with E-state index in [0.29, 0.717) is 37.4 Å². The number of carbonyl (C=O) groups excluding carboxylic acids is 1. The van der Waals surface area contributed by atoms with E-state index in [9.17, 15) is 18.0 Å². The van der Waals surface area contributed by atoms with Gasteiger partial charge in [-0.25, -0.2) is 0 Å². The Bertz CT molecular complexity index is 1290. The fourth-order valence-electron chi connectivity index (χ4n) is 3.59. The van der Waals surface area contributed by atoms with Gasteiger partial charge in [-0.2, -0.15) is 18.2 Å². The monoisotopic (exact) mass is 491 g/mol. The molecule has 0 aliphatic heterocycles. The van der Waals surface area contributed by atoms with E-state index < -0.39 is 11.7 Å². The van der Waals surface area contributed by atoms with Crippen molar-refractivity contribution in [1.82, 2.24) is 15.0 Å². The number of amides is 1. The lowest BCUT2D eigenvalue weighted by molar-refractivity contribution is -0.137. The highest BCUT2D eigenvalue weighted by molar-refractivity contribution is 5.91. The van der Waals surface area contributed by atoms with Gasteiger partial charge < -0.3 is 9.42 Å². The minimum absolute atomic E-state index is 0.141. The van der Waals surface area contributed by atoms with Crippen LogP contribution in [-0.2, 0) is 23.8 Å². The summed E-state index contributed by atoms with van der Waals surface area (Å²) in [6.07, 6.45) is -0.0968. The Morgan fingerprint density at radius 2 is 1.50 bits per heavy atom. The Labute approximate surface area is 206 Å². The summed E-state index contributed by atoms with van der Waals surface area (Å²) in [5.74, 6) is 0.358. The Hall–Kier alpha value is -4.20. The van der Waals surface area contributed by atoms with Gasteiger partial charge in [0.25, 0.3) is 0 Å². The average molecular weight is 492 g/mol. The second kappa shape index (κ2) is 11.5. The maximum atomic E-state index is 13.0. The molecule has 1 aromatic heterocycles. The third-order valence-corrected chi connectivity index (χ3v) is 5.58. The molecule has 0 saturated heterocycles. The van der Waals surface area contributed by atoms with E-state index in [0.717, 1.165) is 23.3 Å². The van der Waals surface area contributed by atoms with Gasteiger partial charge in [0, 0.05) is 31.1 Å². The van der Waals surface area contributed by atoms with Gasteiger partial charge in [0.15, 0.2) is 0 Å². The minimum Gasteiger partial charge on any atom is -0.339 e. The minimum atomic E-state index is -4.41. The molecule has 0 unspecified atom stereocenters. The summed E-state index contributed by atoms with van der Waals surface area (Å²) in [6.45, 7) is 0.849. The molecule has 1 amide bonds. The second-order valence-corrected chi connectivity index (χ2v) is 8.14. The van der Waals surface area contributed by atoms with E-state index in [1.54, 1.807) is 17.1 Å². The number of aromatic nitrogens is 2. The highest BCUT2D eigenvalue weighted by Crippen LogP contribution is 2.30. The smallest absolute Gasteiger partial charge is 0.339 e. The lowest BCUT2D eigenvalue weighted by atomic mass is 10.1. The summed E-state index contributed by atoms with van der Waals surface area (Å²) >= 11 is 0. The lowest BCUT2D eigenvalue weighted by Gasteiger charge is -2.20. The van der Waals surface area contributed by atoms with E-state index in [2.05, 4.69) is 10.1 Å². The fourth-order valence-corrected chi connectivity index (χ4v) is 3.59. The highest BCUT2D eigenvalue weighted by atomic mass is 19.4. The van der Waals surface area contributed by atoms with Gasteiger partial charge in [0.05, 0.1) is 5.56 Å². The molecule has 0 aliphatic carbocycles. The molecule has 0 fully saturated rings. The topological polar surface area (TPSA) is 59.2 Å². The van der Waals surface area contributed by atoms with Gasteiger partial charge in [-0.05, 0) is 35.8 Å². The molecule has 8 heteroatoms. The zero-order chi connectivity index (χ0) is 25.4. The Morgan fingerprint density at radius 3 is 2.17 bits per heavy atom. The molecule has 0 spiro atoms. The van der Waals surface area contributed by atoms with Crippen LogP contribution in [0.5, 0.6) is 0 Å². The first kappa shape index (κ1) is 24.9. The van der Waals surface area contributed by atoms with E-state index in [1.165, 1.54) is 12.1 Å². The van der Waals surface area contributed by atoms with Crippen LogP contribution in [0.3, 0.4) is 0 Å². The van der Waals surface area contributed by atoms with E-state index in [1.807, 2.05) is 60.7 Å². The largest absolute Gasteiger partial charge is 0.416 e. The van der Waals surface area contributed by atoms with Crippen LogP contribution in [0.1, 0.15) is 22.6 Å². The Balaban J connectivity index is 1.43. The third kappa shape index (κ3) is 6.91. The predicted octanol–water partition coefficient (Wildman–Crippen LogP) is 6.08. The predicted molar refractivity (Wildman–Crippen MR) is 131 cm³/mol. The van der Waals surface area contributed by atoms with Crippen molar-refractivity contribution in [2.45, 2.75) is 19.0 Å². The molecule has 5 nitrogen and oxygen atoms in total. The van der Waals surface area contributed by atoms with Gasteiger partial charge in [0.2, 0.25) is 17.6 Å². The number of hydrogen-bond donors (Lipinski definition) is 0. The summed E-state index contributed by atoms with van der Waals surface area (Å²) in [5, 5.41) is 3.89. The van der Waals surface area contributed by atoms with Crippen molar-refractivity contribution in [2.24, 2.45) is 0 Å². The Kier molecular flexibility index (Phi) is 7.95. The van der Waals surface area contributed by atoms with Crippen LogP contribution in [0.15, 0.2) is 95.5 Å². The Morgan fingerprint density at radius 1 is 0.861 bits per heavy atom. The van der Waals surface area contributed by atoms with Crippen LogP contribution in [0, 0.1) is 0 Å². The van der Waals surface area contributed by atoms with Gasteiger partial charge >= 0.3 is 6.18 Å². The molecule has 0 N–H and O–H groups in total. The molecule has 0 atom stereocenters. The van der Waals surface area contributed by atoms with Crippen molar-refractivity contribution in [3.63, 3.8) is 0 Å². The molecule has 184 valence electrons. The van der Waals surface area contributed by atoms with Crippen LogP contribution in [-0.4, -0.2) is 34.0 Å². The van der Waals surface area contributed by atoms with Crippen LogP contribution in [0.25, 0.3) is 17.5 Å². The number of hydrogen-bond acceptors (Lipinski definition) is 4. The number of carbonyl (C=O) groups is 1. The summed E-state index contributed by atoms with van der Waals surface area (Å²) in [6, 6.07) is 24.0. The van der Waals surface area contributed by atoms with E-state index >= 15 is 0 Å². The zero-order valence-electron chi connectivity index (χ0n) is 19.4. The zero-order valence-corrected chi connectivity index (χ0v) is 19.4. The number of rotatable bonds is 9. The van der Waals surface area contributed by atoms with Crippen molar-refractivity contribution in [3.05, 3.63) is 114 Å². The van der Waals surface area contributed by atoms with E-state index in [4.69, 9.17) is 4.52 Å². The van der Waals surface area contributed by atoms with Gasteiger partial charge in [-0.3, -0.25) is 4.79 Å². The molecule has 0 saturated carbocycles. The fraction of sp³-hybridized carbons (Fsp3) is 0.179. The van der Waals surface area contributed by atoms with Crippen molar-refractivity contribution in [2.75, 3.05) is 13.1 Å². The molecular weight excluding hydrogens is 467 g/mol. The maximum absolute atomic E-state index is 13.0. The molecule has 4 rings (SSSR count). The van der Waals surface area contributed by atoms with Crippen molar-refractivity contribution < 1.29 is 22.5 Å². The molecule has 36 heavy (non-hydrogen) atoms. The average Bonchev–Trinajstić information content (AvgIpc) is 3.37. The standard InChI is InChI=1S/C28H24F3N3O2/c29-28(30,31)24-14-12-23(13-15-24)27-32-25(36-33-27)18-20-34(19-17-22-9-5-2-6-10-22)26(35)16-11-21-7-3-1-4-8-21/h1-16H,17-20H2. The molecule has 1 heterocycles. The van der Waals surface area contributed by atoms with E-state index in [-0.39, 0.29) is 11.7 Å². The summed E-state index contributed by atoms with van der Waals surface area (Å²) in [5.41, 5.74) is 1.71. The number of nitrogens with zero attached hydrogens (tertiary/aromatic N) is 3. The van der Waals surface area contributed by atoms with Gasteiger partial charge in [0.1, 0.15) is 0 Å². The first-order valence-corrected chi connectivity index (χ1v) is 11.4. The lowest BCUT2D eigenvalue weighted by Crippen LogP contribution is -2.33. The van der Waals surface area contributed by atoms with Crippen LogP contribution < -0.4 is 0 Å². The summed E-state index contributed by atoms with van der Waals surface area (Å²) < 4.78 is 43.7. The highest BCUT2D eigenvalue weighted by Gasteiger charge is 2.30. The van der Waals surface area contributed by atoms with Crippen molar-refractivity contribution in [3.8, 4) is 11.4 Å². The molecule has 0 aliphatic rings. The molecule has 0 radical (unpaired) electrons.